The van der Waals surface area contributed by atoms with Gasteiger partial charge in [-0.25, -0.2) is 4.39 Å². The summed E-state index contributed by atoms with van der Waals surface area (Å²) < 4.78 is 14.4. The molecule has 1 amide bonds. The maximum absolute atomic E-state index is 13.0. The Balaban J connectivity index is 1.76. The fourth-order valence-electron chi connectivity index (χ4n) is 2.71. The van der Waals surface area contributed by atoms with Gasteiger partial charge in [0.05, 0.1) is 0 Å². The zero-order chi connectivity index (χ0) is 19.0. The molecule has 0 radical (unpaired) electrons. The fourth-order valence-corrected chi connectivity index (χ4v) is 2.71. The zero-order valence-electron chi connectivity index (χ0n) is 14.2. The van der Waals surface area contributed by atoms with Crippen molar-refractivity contribution in [1.82, 2.24) is 19.6 Å². The Hall–Kier alpha value is -3.81. The molecular weight excluding hydrogens is 349 g/mol. The molecule has 0 unspecified atom stereocenters. The Kier molecular flexibility index (Phi) is 4.00. The summed E-state index contributed by atoms with van der Waals surface area (Å²) in [5.41, 5.74) is 1.62. The molecule has 2 N–H and O–H groups in total. The highest BCUT2D eigenvalue weighted by molar-refractivity contribution is 6.03. The third-order valence-corrected chi connectivity index (χ3v) is 4.07. The van der Waals surface area contributed by atoms with Crippen molar-refractivity contribution in [3.05, 3.63) is 81.9 Å². The molecule has 4 aromatic rings. The van der Waals surface area contributed by atoms with Gasteiger partial charge in [0.25, 0.3) is 11.5 Å². The highest BCUT2D eigenvalue weighted by Crippen LogP contribution is 2.20. The average molecular weight is 363 g/mol. The van der Waals surface area contributed by atoms with E-state index >= 15 is 0 Å². The second-order valence-corrected chi connectivity index (χ2v) is 5.97. The largest absolute Gasteiger partial charge is 0.306 e. The van der Waals surface area contributed by atoms with E-state index in [0.717, 1.165) is 11.1 Å². The van der Waals surface area contributed by atoms with Crippen LogP contribution < -0.4 is 10.9 Å². The van der Waals surface area contributed by atoms with Gasteiger partial charge >= 0.3 is 0 Å². The van der Waals surface area contributed by atoms with Crippen LogP contribution >= 0.6 is 0 Å². The van der Waals surface area contributed by atoms with Gasteiger partial charge in [-0.05, 0) is 36.8 Å². The van der Waals surface area contributed by atoms with Crippen LogP contribution in [0.3, 0.4) is 0 Å². The number of aryl methyl sites for hydroxylation is 1. The van der Waals surface area contributed by atoms with Gasteiger partial charge in [-0.3, -0.25) is 14.6 Å². The molecule has 27 heavy (non-hydrogen) atoms. The summed E-state index contributed by atoms with van der Waals surface area (Å²) in [6.07, 6.45) is 0. The third-order valence-electron chi connectivity index (χ3n) is 4.07. The van der Waals surface area contributed by atoms with E-state index in [1.807, 2.05) is 31.2 Å². The van der Waals surface area contributed by atoms with Gasteiger partial charge in [0, 0.05) is 17.2 Å². The normalized spacial score (nSPS) is 10.9. The van der Waals surface area contributed by atoms with Gasteiger partial charge in [-0.2, -0.15) is 9.50 Å². The summed E-state index contributed by atoms with van der Waals surface area (Å²) in [5.74, 6) is -0.142. The van der Waals surface area contributed by atoms with Crippen molar-refractivity contribution in [3.63, 3.8) is 0 Å². The molecule has 7 nitrogen and oxygen atoms in total. The van der Waals surface area contributed by atoms with Crippen LogP contribution in [0.5, 0.6) is 0 Å². The predicted molar refractivity (Wildman–Crippen MR) is 98.1 cm³/mol. The zero-order valence-corrected chi connectivity index (χ0v) is 14.2. The lowest BCUT2D eigenvalue weighted by Gasteiger charge is -2.06. The number of anilines is 1. The molecule has 4 rings (SSSR count). The van der Waals surface area contributed by atoms with Gasteiger partial charge < -0.3 is 5.32 Å². The monoisotopic (exact) mass is 363 g/mol. The van der Waals surface area contributed by atoms with Crippen molar-refractivity contribution < 1.29 is 9.18 Å². The number of H-pyrrole nitrogens is 1. The minimum absolute atomic E-state index is 0.162. The summed E-state index contributed by atoms with van der Waals surface area (Å²) >= 11 is 0. The van der Waals surface area contributed by atoms with Crippen molar-refractivity contribution in [2.45, 2.75) is 6.92 Å². The molecule has 0 aliphatic rings. The minimum Gasteiger partial charge on any atom is -0.306 e. The molecule has 2 aromatic heterocycles. The van der Waals surface area contributed by atoms with E-state index in [1.165, 1.54) is 34.8 Å². The molecule has 134 valence electrons. The molecule has 2 heterocycles. The Bertz CT molecular complexity index is 1210. The number of aromatic amines is 1. The molecule has 8 heteroatoms. The molecule has 0 aliphatic carbocycles. The average Bonchev–Trinajstić information content (AvgIpc) is 3.06. The van der Waals surface area contributed by atoms with Crippen LogP contribution in [0.15, 0.2) is 59.4 Å². The van der Waals surface area contributed by atoms with Crippen LogP contribution in [-0.4, -0.2) is 25.5 Å². The van der Waals surface area contributed by atoms with Crippen molar-refractivity contribution in [2.24, 2.45) is 0 Å². The standard InChI is InChI=1S/C19H14FN5O2/c1-11-4-2-3-5-14(11)17-23-19-22-16(26)10-15(25(19)24-17)21-18(27)12-6-8-13(20)9-7-12/h2-10H,1H3,(H,21,27)(H,22,23,24,26). The predicted octanol–water partition coefficient (Wildman–Crippen LogP) is 2.78. The molecule has 0 fully saturated rings. The smallest absolute Gasteiger partial charge is 0.256 e. The number of benzene rings is 2. The molecule has 0 saturated heterocycles. The Labute approximate surface area is 152 Å². The summed E-state index contributed by atoms with van der Waals surface area (Å²) in [7, 11) is 0. The lowest BCUT2D eigenvalue weighted by Crippen LogP contribution is -2.18. The number of hydrogen-bond donors (Lipinski definition) is 2. The van der Waals surface area contributed by atoms with Crippen LogP contribution in [0, 0.1) is 12.7 Å². The van der Waals surface area contributed by atoms with Crippen LogP contribution in [0.2, 0.25) is 0 Å². The number of halogens is 1. The van der Waals surface area contributed by atoms with E-state index in [1.54, 1.807) is 0 Å². The highest BCUT2D eigenvalue weighted by Gasteiger charge is 2.14. The molecule has 0 spiro atoms. The van der Waals surface area contributed by atoms with Gasteiger partial charge in [0.1, 0.15) is 11.6 Å². The summed E-state index contributed by atoms with van der Waals surface area (Å²) in [4.78, 5) is 31.3. The number of carbonyl (C=O) groups excluding carboxylic acids is 1. The minimum atomic E-state index is -0.491. The van der Waals surface area contributed by atoms with E-state index < -0.39 is 17.3 Å². The first-order valence-electron chi connectivity index (χ1n) is 8.14. The molecule has 0 atom stereocenters. The molecule has 0 saturated carbocycles. The number of nitrogens with one attached hydrogen (secondary N) is 2. The summed E-state index contributed by atoms with van der Waals surface area (Å²) in [6.45, 7) is 1.93. The van der Waals surface area contributed by atoms with E-state index in [4.69, 9.17) is 0 Å². The maximum atomic E-state index is 13.0. The third kappa shape index (κ3) is 3.20. The Morgan fingerprint density at radius 3 is 2.63 bits per heavy atom. The van der Waals surface area contributed by atoms with Crippen molar-refractivity contribution >= 4 is 17.5 Å². The topological polar surface area (TPSA) is 92.1 Å². The number of aromatic nitrogens is 4. The van der Waals surface area contributed by atoms with Crippen LogP contribution in [-0.2, 0) is 0 Å². The first-order valence-corrected chi connectivity index (χ1v) is 8.14. The van der Waals surface area contributed by atoms with Gasteiger partial charge in [0.15, 0.2) is 5.82 Å². The molecular formula is C19H14FN5O2. The van der Waals surface area contributed by atoms with Crippen molar-refractivity contribution in [1.29, 1.82) is 0 Å². The SMILES string of the molecule is Cc1ccccc1-c1nc2[nH]c(=O)cc(NC(=O)c3ccc(F)cc3)n2n1. The second kappa shape index (κ2) is 6.49. The Morgan fingerprint density at radius 2 is 1.89 bits per heavy atom. The number of amides is 1. The fraction of sp³-hybridized carbons (Fsp3) is 0.0526. The lowest BCUT2D eigenvalue weighted by atomic mass is 10.1. The first kappa shape index (κ1) is 16.6. The number of fused-ring (bicyclic) bond motifs is 1. The maximum Gasteiger partial charge on any atom is 0.256 e. The number of hydrogen-bond acceptors (Lipinski definition) is 4. The van der Waals surface area contributed by atoms with E-state index in [0.29, 0.717) is 5.82 Å². The van der Waals surface area contributed by atoms with Crippen molar-refractivity contribution in [2.75, 3.05) is 5.32 Å². The number of nitrogens with zero attached hydrogens (tertiary/aromatic N) is 3. The summed E-state index contributed by atoms with van der Waals surface area (Å²) in [6, 6.07) is 13.9. The van der Waals surface area contributed by atoms with Crippen LogP contribution in [0.25, 0.3) is 17.2 Å². The molecule has 0 bridgehead atoms. The first-order chi connectivity index (χ1) is 13.0. The quantitative estimate of drug-likeness (QED) is 0.585. The van der Waals surface area contributed by atoms with Gasteiger partial charge in [-0.15, -0.1) is 5.10 Å². The Morgan fingerprint density at radius 1 is 1.15 bits per heavy atom. The van der Waals surface area contributed by atoms with E-state index in [9.17, 15) is 14.0 Å². The second-order valence-electron chi connectivity index (χ2n) is 5.97. The van der Waals surface area contributed by atoms with Crippen molar-refractivity contribution in [3.8, 4) is 11.4 Å². The lowest BCUT2D eigenvalue weighted by molar-refractivity contribution is 0.102. The highest BCUT2D eigenvalue weighted by atomic mass is 19.1. The van der Waals surface area contributed by atoms with E-state index in [2.05, 4.69) is 20.4 Å². The molecule has 0 aliphatic heterocycles. The van der Waals surface area contributed by atoms with Crippen LogP contribution in [0.1, 0.15) is 15.9 Å². The van der Waals surface area contributed by atoms with Crippen LogP contribution in [0.4, 0.5) is 10.2 Å². The number of carbonyl (C=O) groups is 1. The number of rotatable bonds is 3. The van der Waals surface area contributed by atoms with Gasteiger partial charge in [-0.1, -0.05) is 24.3 Å². The van der Waals surface area contributed by atoms with Gasteiger partial charge in [0.2, 0.25) is 5.78 Å². The molecule has 2 aromatic carbocycles. The van der Waals surface area contributed by atoms with E-state index in [-0.39, 0.29) is 17.2 Å². The summed E-state index contributed by atoms with van der Waals surface area (Å²) in [5, 5.41) is 7.03.